The lowest BCUT2D eigenvalue weighted by atomic mass is 10.2. The Morgan fingerprint density at radius 1 is 1.11 bits per heavy atom. The molecule has 0 unspecified atom stereocenters. The van der Waals surface area contributed by atoms with Gasteiger partial charge in [0.25, 0.3) is 5.91 Å². The molecule has 6 heteroatoms. The molecule has 0 atom stereocenters. The summed E-state index contributed by atoms with van der Waals surface area (Å²) in [6.07, 6.45) is 0. The van der Waals surface area contributed by atoms with Gasteiger partial charge in [0.2, 0.25) is 0 Å². The Morgan fingerprint density at radius 3 is 2.59 bits per heavy atom. The zero-order chi connectivity index (χ0) is 19.2. The van der Waals surface area contributed by atoms with Crippen molar-refractivity contribution in [2.75, 3.05) is 16.8 Å². The minimum Gasteiger partial charge on any atom is -0.325 e. The Labute approximate surface area is 158 Å². The van der Waals surface area contributed by atoms with E-state index in [0.29, 0.717) is 17.1 Å². The predicted molar refractivity (Wildman–Crippen MR) is 105 cm³/mol. The van der Waals surface area contributed by atoms with E-state index in [-0.39, 0.29) is 11.6 Å². The van der Waals surface area contributed by atoms with Gasteiger partial charge in [-0.15, -0.1) is 10.2 Å². The highest BCUT2D eigenvalue weighted by Crippen LogP contribution is 2.23. The summed E-state index contributed by atoms with van der Waals surface area (Å²) in [6.45, 7) is 4.80. The number of hydrogen-bond acceptors (Lipinski definition) is 5. The van der Waals surface area contributed by atoms with Crippen molar-refractivity contribution in [1.29, 1.82) is 5.26 Å². The summed E-state index contributed by atoms with van der Waals surface area (Å²) in [5.74, 6) is 0.300. The largest absolute Gasteiger partial charge is 0.325 e. The third-order valence-corrected chi connectivity index (χ3v) is 4.04. The van der Waals surface area contributed by atoms with Gasteiger partial charge < -0.3 is 10.2 Å². The number of hydrogen-bond donors (Lipinski definition) is 1. The molecular formula is C21H19N5O. The Bertz CT molecular complexity index is 992. The molecule has 0 aliphatic carbocycles. The van der Waals surface area contributed by atoms with E-state index in [4.69, 9.17) is 5.26 Å². The number of benzene rings is 2. The second-order valence-corrected chi connectivity index (χ2v) is 6.01. The fraction of sp³-hybridized carbons (Fsp3) is 0.143. The summed E-state index contributed by atoms with van der Waals surface area (Å²) >= 11 is 0. The van der Waals surface area contributed by atoms with Crippen LogP contribution in [0.1, 0.15) is 28.5 Å². The number of amides is 1. The second kappa shape index (κ2) is 8.11. The molecule has 0 aliphatic heterocycles. The quantitative estimate of drug-likeness (QED) is 0.744. The number of aromatic nitrogens is 2. The van der Waals surface area contributed by atoms with E-state index in [1.54, 1.807) is 36.4 Å². The molecule has 0 saturated carbocycles. The average Bonchev–Trinajstić information content (AvgIpc) is 2.69. The normalized spacial score (nSPS) is 10.1. The maximum absolute atomic E-state index is 12.4. The lowest BCUT2D eigenvalue weighted by molar-refractivity contribution is 0.102. The van der Waals surface area contributed by atoms with Crippen molar-refractivity contribution in [1.82, 2.24) is 10.2 Å². The molecule has 2 aromatic carbocycles. The van der Waals surface area contributed by atoms with Crippen molar-refractivity contribution in [3.8, 4) is 6.07 Å². The first-order valence-electron chi connectivity index (χ1n) is 8.60. The first-order valence-corrected chi connectivity index (χ1v) is 8.60. The summed E-state index contributed by atoms with van der Waals surface area (Å²) in [5, 5.41) is 19.9. The van der Waals surface area contributed by atoms with E-state index >= 15 is 0 Å². The summed E-state index contributed by atoms with van der Waals surface area (Å²) in [5.41, 5.74) is 3.42. The highest BCUT2D eigenvalue weighted by molar-refractivity contribution is 6.02. The van der Waals surface area contributed by atoms with Gasteiger partial charge in [-0.3, -0.25) is 4.79 Å². The highest BCUT2D eigenvalue weighted by Gasteiger charge is 2.13. The third kappa shape index (κ3) is 4.28. The zero-order valence-corrected chi connectivity index (χ0v) is 15.2. The molecule has 0 spiro atoms. The second-order valence-electron chi connectivity index (χ2n) is 6.01. The Morgan fingerprint density at radius 2 is 1.93 bits per heavy atom. The van der Waals surface area contributed by atoms with Crippen molar-refractivity contribution in [2.45, 2.75) is 13.8 Å². The number of nitrogens with one attached hydrogen (secondary N) is 1. The molecule has 0 aliphatic rings. The van der Waals surface area contributed by atoms with Crippen molar-refractivity contribution in [2.24, 2.45) is 0 Å². The lowest BCUT2D eigenvalue weighted by Crippen LogP contribution is -2.20. The van der Waals surface area contributed by atoms with Gasteiger partial charge in [-0.25, -0.2) is 0 Å². The molecule has 27 heavy (non-hydrogen) atoms. The predicted octanol–water partition coefficient (Wildman–Crippen LogP) is 4.07. The number of nitrogens with zero attached hydrogens (tertiary/aromatic N) is 4. The van der Waals surface area contributed by atoms with Gasteiger partial charge in [0.05, 0.1) is 11.6 Å². The molecule has 6 nitrogen and oxygen atoms in total. The van der Waals surface area contributed by atoms with E-state index < -0.39 is 0 Å². The average molecular weight is 357 g/mol. The van der Waals surface area contributed by atoms with Crippen molar-refractivity contribution < 1.29 is 4.79 Å². The van der Waals surface area contributed by atoms with Gasteiger partial charge in [0.1, 0.15) is 0 Å². The molecule has 3 aromatic rings. The minimum absolute atomic E-state index is 0.210. The number of rotatable bonds is 5. The van der Waals surface area contributed by atoms with Gasteiger partial charge in [0, 0.05) is 17.9 Å². The summed E-state index contributed by atoms with van der Waals surface area (Å²) < 4.78 is 0. The molecule has 1 N–H and O–H groups in total. The zero-order valence-electron chi connectivity index (χ0n) is 15.2. The van der Waals surface area contributed by atoms with Crippen LogP contribution in [0.25, 0.3) is 0 Å². The minimum atomic E-state index is -0.372. The lowest BCUT2D eigenvalue weighted by Gasteiger charge is -2.22. The van der Waals surface area contributed by atoms with Crippen LogP contribution in [-0.2, 0) is 0 Å². The first kappa shape index (κ1) is 18.1. The Kier molecular flexibility index (Phi) is 5.43. The highest BCUT2D eigenvalue weighted by atomic mass is 16.1. The molecule has 1 amide bonds. The molecule has 134 valence electrons. The molecule has 3 rings (SSSR count). The van der Waals surface area contributed by atoms with Crippen molar-refractivity contribution >= 4 is 23.1 Å². The smallest absolute Gasteiger partial charge is 0.276 e. The maximum Gasteiger partial charge on any atom is 0.276 e. The standard InChI is InChI=1S/C21H19N5O/c1-3-26(18-9-4-6-15(2)12-18)20-11-10-19(24-25-20)21(27)23-17-8-5-7-16(13-17)14-22/h4-13H,3H2,1-2H3,(H,23,27). The van der Waals surface area contributed by atoms with Gasteiger partial charge in [-0.1, -0.05) is 18.2 Å². The van der Waals surface area contributed by atoms with Gasteiger partial charge in [-0.05, 0) is 61.9 Å². The van der Waals surface area contributed by atoms with Crippen LogP contribution in [-0.4, -0.2) is 22.6 Å². The van der Waals surface area contributed by atoms with Crippen LogP contribution in [0.4, 0.5) is 17.2 Å². The van der Waals surface area contributed by atoms with E-state index in [9.17, 15) is 4.79 Å². The van der Waals surface area contributed by atoms with Crippen molar-refractivity contribution in [3.05, 3.63) is 77.5 Å². The van der Waals surface area contributed by atoms with Gasteiger partial charge in [-0.2, -0.15) is 5.26 Å². The van der Waals surface area contributed by atoms with E-state index in [0.717, 1.165) is 17.8 Å². The van der Waals surface area contributed by atoms with E-state index in [1.807, 2.05) is 43.0 Å². The fourth-order valence-corrected chi connectivity index (χ4v) is 2.72. The Balaban J connectivity index is 1.77. The molecule has 0 saturated heterocycles. The number of nitriles is 1. The third-order valence-electron chi connectivity index (χ3n) is 4.04. The number of carbonyl (C=O) groups is 1. The molecule has 0 fully saturated rings. The van der Waals surface area contributed by atoms with Gasteiger partial charge >= 0.3 is 0 Å². The monoisotopic (exact) mass is 357 g/mol. The fourth-order valence-electron chi connectivity index (χ4n) is 2.72. The van der Waals surface area contributed by atoms with Crippen LogP contribution >= 0.6 is 0 Å². The van der Waals surface area contributed by atoms with Crippen LogP contribution in [0.5, 0.6) is 0 Å². The molecule has 1 heterocycles. The van der Waals surface area contributed by atoms with Crippen LogP contribution < -0.4 is 10.2 Å². The summed E-state index contributed by atoms with van der Waals surface area (Å²) in [4.78, 5) is 14.4. The van der Waals surface area contributed by atoms with Crippen LogP contribution in [0.2, 0.25) is 0 Å². The number of anilines is 3. The summed E-state index contributed by atoms with van der Waals surface area (Å²) in [6, 6.07) is 20.3. The summed E-state index contributed by atoms with van der Waals surface area (Å²) in [7, 11) is 0. The molecule has 1 aromatic heterocycles. The molecular weight excluding hydrogens is 338 g/mol. The SMILES string of the molecule is CCN(c1cccc(C)c1)c1ccc(C(=O)Nc2cccc(C#N)c2)nn1. The van der Waals surface area contributed by atoms with Gasteiger partial charge in [0.15, 0.2) is 11.5 Å². The van der Waals surface area contributed by atoms with E-state index in [1.165, 1.54) is 0 Å². The van der Waals surface area contributed by atoms with E-state index in [2.05, 4.69) is 21.6 Å². The first-order chi connectivity index (χ1) is 13.1. The molecule has 0 bridgehead atoms. The number of carbonyl (C=O) groups excluding carboxylic acids is 1. The Hall–Kier alpha value is -3.72. The van der Waals surface area contributed by atoms with Crippen LogP contribution in [0, 0.1) is 18.3 Å². The topological polar surface area (TPSA) is 81.9 Å². The van der Waals surface area contributed by atoms with Crippen LogP contribution in [0.3, 0.4) is 0 Å². The van der Waals surface area contributed by atoms with Crippen LogP contribution in [0.15, 0.2) is 60.7 Å². The number of aryl methyl sites for hydroxylation is 1. The molecule has 0 radical (unpaired) electrons. The maximum atomic E-state index is 12.4. The van der Waals surface area contributed by atoms with Crippen molar-refractivity contribution in [3.63, 3.8) is 0 Å².